The molecule has 0 radical (unpaired) electrons. The molecule has 0 aliphatic carbocycles. The van der Waals surface area contributed by atoms with E-state index in [0.717, 1.165) is 37.2 Å². The molecule has 1 aliphatic rings. The van der Waals surface area contributed by atoms with Gasteiger partial charge in [0.1, 0.15) is 0 Å². The predicted octanol–water partition coefficient (Wildman–Crippen LogP) is 1.58. The summed E-state index contributed by atoms with van der Waals surface area (Å²) in [4.78, 5) is 16.5. The molecule has 1 saturated heterocycles. The summed E-state index contributed by atoms with van der Waals surface area (Å²) in [7, 11) is 0. The second kappa shape index (κ2) is 7.35. The van der Waals surface area contributed by atoms with Crippen LogP contribution in [-0.2, 0) is 6.54 Å². The van der Waals surface area contributed by atoms with E-state index < -0.39 is 0 Å². The van der Waals surface area contributed by atoms with Crippen molar-refractivity contribution in [2.24, 2.45) is 5.84 Å². The Balaban J connectivity index is 2.02. The first-order chi connectivity index (χ1) is 10.0. The first-order valence-electron chi connectivity index (χ1n) is 7.31. The second-order valence-corrected chi connectivity index (χ2v) is 6.35. The normalized spacial score (nSPS) is 20.5. The van der Waals surface area contributed by atoms with Gasteiger partial charge in [0.15, 0.2) is 0 Å². The number of nitrogens with zero attached hydrogens (tertiary/aromatic N) is 2. The number of likely N-dealkylation sites (N-methyl/N-ethyl adjacent to an activating group) is 1. The summed E-state index contributed by atoms with van der Waals surface area (Å²) < 4.78 is 0.953. The van der Waals surface area contributed by atoms with E-state index in [4.69, 9.17) is 5.84 Å². The molecule has 0 saturated carbocycles. The van der Waals surface area contributed by atoms with Crippen LogP contribution in [0.5, 0.6) is 0 Å². The molecule has 0 aromatic heterocycles. The van der Waals surface area contributed by atoms with Crippen LogP contribution in [0.3, 0.4) is 0 Å². The van der Waals surface area contributed by atoms with Gasteiger partial charge in [-0.2, -0.15) is 0 Å². The number of halogens is 1. The highest BCUT2D eigenvalue weighted by atomic mass is 79.9. The molecule has 116 valence electrons. The molecule has 0 bridgehead atoms. The second-order valence-electron chi connectivity index (χ2n) is 5.49. The lowest BCUT2D eigenvalue weighted by molar-refractivity contribution is 0.0833. The fraction of sp³-hybridized carbons (Fsp3) is 0.533. The minimum absolute atomic E-state index is 0.271. The van der Waals surface area contributed by atoms with Gasteiger partial charge in [0.05, 0.1) is 0 Å². The fourth-order valence-corrected chi connectivity index (χ4v) is 3.33. The summed E-state index contributed by atoms with van der Waals surface area (Å²) in [6, 6.07) is 6.22. The molecule has 1 atom stereocenters. The number of hydrogen-bond donors (Lipinski definition) is 2. The Morgan fingerprint density at radius 3 is 2.81 bits per heavy atom. The Morgan fingerprint density at radius 2 is 2.24 bits per heavy atom. The number of hydrogen-bond acceptors (Lipinski definition) is 4. The van der Waals surface area contributed by atoms with Gasteiger partial charge >= 0.3 is 0 Å². The zero-order valence-corrected chi connectivity index (χ0v) is 14.2. The molecule has 1 fully saturated rings. The van der Waals surface area contributed by atoms with Gasteiger partial charge in [-0.15, -0.1) is 0 Å². The van der Waals surface area contributed by atoms with Crippen molar-refractivity contribution in [3.63, 3.8) is 0 Å². The molecule has 1 aromatic carbocycles. The number of nitrogen functional groups attached to an aromatic ring is 1. The molecule has 2 rings (SSSR count). The molecular weight excluding hydrogens is 332 g/mol. The highest BCUT2D eigenvalue weighted by molar-refractivity contribution is 9.10. The third-order valence-electron chi connectivity index (χ3n) is 4.10. The largest absolute Gasteiger partial charge is 0.298 e. The van der Waals surface area contributed by atoms with Crippen LogP contribution in [0.25, 0.3) is 0 Å². The Morgan fingerprint density at radius 1 is 1.48 bits per heavy atom. The van der Waals surface area contributed by atoms with Gasteiger partial charge in [-0.1, -0.05) is 28.9 Å². The van der Waals surface area contributed by atoms with Gasteiger partial charge in [0.2, 0.25) is 0 Å². The average molecular weight is 355 g/mol. The van der Waals surface area contributed by atoms with Crippen molar-refractivity contribution >= 4 is 21.8 Å². The van der Waals surface area contributed by atoms with E-state index in [-0.39, 0.29) is 5.91 Å². The summed E-state index contributed by atoms with van der Waals surface area (Å²) in [5.74, 6) is 4.88. The van der Waals surface area contributed by atoms with E-state index in [1.807, 2.05) is 18.2 Å². The predicted molar refractivity (Wildman–Crippen MR) is 87.8 cm³/mol. The molecular formula is C15H23BrN4O. The lowest BCUT2D eigenvalue weighted by Crippen LogP contribution is -2.51. The SMILES string of the molecule is CCN1CCN(Cc2ccc(C(=O)NN)cc2Br)CC1C. The molecule has 1 aromatic rings. The highest BCUT2D eigenvalue weighted by Gasteiger charge is 2.22. The molecule has 0 spiro atoms. The summed E-state index contributed by atoms with van der Waals surface area (Å²) >= 11 is 3.55. The van der Waals surface area contributed by atoms with Crippen molar-refractivity contribution in [1.82, 2.24) is 15.2 Å². The topological polar surface area (TPSA) is 61.6 Å². The van der Waals surface area contributed by atoms with Crippen LogP contribution >= 0.6 is 15.9 Å². The zero-order valence-electron chi connectivity index (χ0n) is 12.6. The van der Waals surface area contributed by atoms with Crippen molar-refractivity contribution < 1.29 is 4.79 Å². The Hall–Kier alpha value is -0.950. The summed E-state index contributed by atoms with van der Waals surface area (Å²) in [5, 5.41) is 0. The van der Waals surface area contributed by atoms with Crippen LogP contribution in [-0.4, -0.2) is 47.9 Å². The van der Waals surface area contributed by atoms with Gasteiger partial charge in [0, 0.05) is 42.3 Å². The molecule has 1 unspecified atom stereocenters. The maximum absolute atomic E-state index is 11.5. The molecule has 6 heteroatoms. The third-order valence-corrected chi connectivity index (χ3v) is 4.83. The quantitative estimate of drug-likeness (QED) is 0.489. The first kappa shape index (κ1) is 16.4. The molecule has 21 heavy (non-hydrogen) atoms. The van der Waals surface area contributed by atoms with Gasteiger partial charge < -0.3 is 0 Å². The number of hydrazine groups is 1. The van der Waals surface area contributed by atoms with Gasteiger partial charge in [-0.25, -0.2) is 5.84 Å². The lowest BCUT2D eigenvalue weighted by atomic mass is 10.1. The first-order valence-corrected chi connectivity index (χ1v) is 8.10. The van der Waals surface area contributed by atoms with Crippen molar-refractivity contribution in [2.75, 3.05) is 26.2 Å². The smallest absolute Gasteiger partial charge is 0.265 e. The summed E-state index contributed by atoms with van der Waals surface area (Å²) in [5.41, 5.74) is 3.91. The van der Waals surface area contributed by atoms with Crippen LogP contribution in [0.15, 0.2) is 22.7 Å². The average Bonchev–Trinajstić information content (AvgIpc) is 2.48. The van der Waals surface area contributed by atoms with E-state index in [9.17, 15) is 4.79 Å². The van der Waals surface area contributed by atoms with Gasteiger partial charge in [-0.3, -0.25) is 20.0 Å². The monoisotopic (exact) mass is 354 g/mol. The minimum atomic E-state index is -0.271. The molecule has 1 aliphatic heterocycles. The number of benzene rings is 1. The minimum Gasteiger partial charge on any atom is -0.298 e. The van der Waals surface area contributed by atoms with E-state index in [1.54, 1.807) is 0 Å². The van der Waals surface area contributed by atoms with Crippen molar-refractivity contribution in [2.45, 2.75) is 26.4 Å². The summed E-state index contributed by atoms with van der Waals surface area (Å²) in [6.45, 7) is 9.77. The molecule has 3 N–H and O–H groups in total. The van der Waals surface area contributed by atoms with E-state index in [2.05, 4.69) is 45.0 Å². The zero-order chi connectivity index (χ0) is 15.4. The van der Waals surface area contributed by atoms with E-state index in [0.29, 0.717) is 11.6 Å². The Bertz CT molecular complexity index is 508. The van der Waals surface area contributed by atoms with Gasteiger partial charge in [0.25, 0.3) is 5.91 Å². The number of rotatable bonds is 4. The maximum Gasteiger partial charge on any atom is 0.265 e. The van der Waals surface area contributed by atoms with Crippen LogP contribution in [0.2, 0.25) is 0 Å². The maximum atomic E-state index is 11.5. The van der Waals surface area contributed by atoms with E-state index in [1.165, 1.54) is 5.56 Å². The standard InChI is InChI=1S/C15H23BrN4O/c1-3-20-7-6-19(9-11(20)2)10-13-5-4-12(8-14(13)16)15(21)18-17/h4-5,8,11H,3,6-7,9-10,17H2,1-2H3,(H,18,21). The van der Waals surface area contributed by atoms with Crippen LogP contribution in [0.1, 0.15) is 29.8 Å². The van der Waals surface area contributed by atoms with Gasteiger partial charge in [-0.05, 0) is 31.2 Å². The highest BCUT2D eigenvalue weighted by Crippen LogP contribution is 2.22. The number of amides is 1. The number of nitrogens with one attached hydrogen (secondary N) is 1. The number of nitrogens with two attached hydrogens (primary N) is 1. The molecule has 1 heterocycles. The Kier molecular flexibility index (Phi) is 5.75. The third kappa shape index (κ3) is 4.03. The fourth-order valence-electron chi connectivity index (χ4n) is 2.83. The Labute approximate surface area is 134 Å². The van der Waals surface area contributed by atoms with Crippen LogP contribution in [0, 0.1) is 0 Å². The van der Waals surface area contributed by atoms with Crippen molar-refractivity contribution in [3.8, 4) is 0 Å². The molecule has 1 amide bonds. The molecule has 5 nitrogen and oxygen atoms in total. The lowest BCUT2D eigenvalue weighted by Gasteiger charge is -2.39. The number of carbonyl (C=O) groups is 1. The van der Waals surface area contributed by atoms with Crippen LogP contribution < -0.4 is 11.3 Å². The summed E-state index contributed by atoms with van der Waals surface area (Å²) in [6.07, 6.45) is 0. The van der Waals surface area contributed by atoms with Crippen molar-refractivity contribution in [1.29, 1.82) is 0 Å². The number of piperazine rings is 1. The van der Waals surface area contributed by atoms with Crippen molar-refractivity contribution in [3.05, 3.63) is 33.8 Å². The van der Waals surface area contributed by atoms with E-state index >= 15 is 0 Å². The number of carbonyl (C=O) groups excluding carboxylic acids is 1. The van der Waals surface area contributed by atoms with Crippen LogP contribution in [0.4, 0.5) is 0 Å².